The summed E-state index contributed by atoms with van der Waals surface area (Å²) in [7, 11) is 0. The fourth-order valence-corrected chi connectivity index (χ4v) is 3.96. The van der Waals surface area contributed by atoms with Gasteiger partial charge in [-0.25, -0.2) is 4.98 Å². The second-order valence-corrected chi connectivity index (χ2v) is 8.42. The van der Waals surface area contributed by atoms with Gasteiger partial charge in [0.2, 0.25) is 0 Å². The zero-order valence-electron chi connectivity index (χ0n) is 18.9. The lowest BCUT2D eigenvalue weighted by Crippen LogP contribution is -2.53. The molecular formula is C24H35ClIN5O. The lowest BCUT2D eigenvalue weighted by Gasteiger charge is -2.39. The Morgan fingerprint density at radius 1 is 1.16 bits per heavy atom. The topological polar surface area (TPSA) is 70.6 Å². The van der Waals surface area contributed by atoms with E-state index in [0.717, 1.165) is 57.1 Å². The highest BCUT2D eigenvalue weighted by atomic mass is 127. The van der Waals surface area contributed by atoms with Gasteiger partial charge in [0.15, 0.2) is 5.96 Å². The number of hydrogen-bond acceptors (Lipinski definition) is 4. The third-order valence-electron chi connectivity index (χ3n) is 5.65. The van der Waals surface area contributed by atoms with Crippen LogP contribution in [-0.2, 0) is 11.2 Å². The van der Waals surface area contributed by atoms with Crippen molar-refractivity contribution in [2.75, 3.05) is 32.8 Å². The molecule has 1 aliphatic rings. The number of ether oxygens (including phenoxy) is 1. The second-order valence-electron chi connectivity index (χ2n) is 8.03. The third-order valence-corrected chi connectivity index (χ3v) is 5.87. The normalized spacial score (nSPS) is 16.7. The summed E-state index contributed by atoms with van der Waals surface area (Å²) in [5.41, 5.74) is 2.36. The Balaban J connectivity index is 0.00000363. The van der Waals surface area contributed by atoms with Crippen molar-refractivity contribution in [2.24, 2.45) is 4.99 Å². The number of nitrogens with one attached hydrogen (secondary N) is 3. The summed E-state index contributed by atoms with van der Waals surface area (Å²) in [5, 5.41) is 11.2. The molecule has 1 aromatic heterocycles. The minimum Gasteiger partial charge on any atom is -0.381 e. The maximum atomic E-state index is 5.87. The Morgan fingerprint density at radius 2 is 1.91 bits per heavy atom. The number of hydrogen-bond donors (Lipinski definition) is 3. The molecule has 1 unspecified atom stereocenters. The predicted octanol–water partition coefficient (Wildman–Crippen LogP) is 4.35. The highest BCUT2D eigenvalue weighted by Gasteiger charge is 2.34. The van der Waals surface area contributed by atoms with Crippen LogP contribution in [0.1, 0.15) is 43.9 Å². The van der Waals surface area contributed by atoms with Crippen LogP contribution in [0.5, 0.6) is 0 Å². The summed E-state index contributed by atoms with van der Waals surface area (Å²) in [4.78, 5) is 9.08. The van der Waals surface area contributed by atoms with Gasteiger partial charge in [-0.15, -0.1) is 24.0 Å². The number of rotatable bonds is 9. The molecule has 6 nitrogen and oxygen atoms in total. The number of aliphatic imine (C=N–C) groups is 1. The van der Waals surface area contributed by atoms with Gasteiger partial charge < -0.3 is 20.7 Å². The highest BCUT2D eigenvalue weighted by Crippen LogP contribution is 2.26. The van der Waals surface area contributed by atoms with Crippen molar-refractivity contribution in [3.05, 3.63) is 64.9 Å². The number of benzene rings is 1. The standard InChI is InChI=1S/C24H34ClN5O.HI/c1-3-26-23(27-14-11-20-9-10-22(25)28-17-20)29-18-24(12-15-31-16-13-24)30-19(2)21-7-5-4-6-8-21;/h4-10,17,19,30H,3,11-16,18H2,1-2H3,(H2,26,27,29);1H. The molecule has 0 amide bonds. The molecule has 1 atom stereocenters. The Morgan fingerprint density at radius 3 is 2.56 bits per heavy atom. The van der Waals surface area contributed by atoms with Gasteiger partial charge in [-0.3, -0.25) is 4.99 Å². The Bertz CT molecular complexity index is 813. The number of nitrogens with zero attached hydrogens (tertiary/aromatic N) is 2. The van der Waals surface area contributed by atoms with Crippen molar-refractivity contribution in [1.82, 2.24) is 20.9 Å². The van der Waals surface area contributed by atoms with Gasteiger partial charge in [0, 0.05) is 44.1 Å². The molecular weight excluding hydrogens is 537 g/mol. The first kappa shape index (κ1) is 26.8. The third kappa shape index (κ3) is 8.50. The number of aromatic nitrogens is 1. The Kier molecular flexibility index (Phi) is 11.7. The molecule has 0 aliphatic carbocycles. The van der Waals surface area contributed by atoms with Crippen LogP contribution in [0.3, 0.4) is 0 Å². The van der Waals surface area contributed by atoms with Crippen LogP contribution >= 0.6 is 35.6 Å². The van der Waals surface area contributed by atoms with E-state index in [1.807, 2.05) is 18.3 Å². The van der Waals surface area contributed by atoms with Crippen LogP contribution in [0.4, 0.5) is 0 Å². The Hall–Kier alpha value is -1.42. The predicted molar refractivity (Wildman–Crippen MR) is 143 cm³/mol. The van der Waals surface area contributed by atoms with Crippen molar-refractivity contribution in [2.45, 2.75) is 44.7 Å². The SMILES string of the molecule is CCNC(=NCC1(NC(C)c2ccccc2)CCOCC1)NCCc1ccc(Cl)nc1.I. The minimum absolute atomic E-state index is 0. The lowest BCUT2D eigenvalue weighted by atomic mass is 9.88. The van der Waals surface area contributed by atoms with Gasteiger partial charge in [0.05, 0.1) is 6.54 Å². The lowest BCUT2D eigenvalue weighted by molar-refractivity contribution is 0.0374. The van der Waals surface area contributed by atoms with Gasteiger partial charge in [0.25, 0.3) is 0 Å². The summed E-state index contributed by atoms with van der Waals surface area (Å²) < 4.78 is 5.65. The zero-order valence-corrected chi connectivity index (χ0v) is 22.0. The summed E-state index contributed by atoms with van der Waals surface area (Å²) in [6.07, 6.45) is 4.57. The highest BCUT2D eigenvalue weighted by molar-refractivity contribution is 14.0. The molecule has 2 heterocycles. The molecule has 1 saturated heterocycles. The van der Waals surface area contributed by atoms with Crippen LogP contribution in [0.2, 0.25) is 5.15 Å². The van der Waals surface area contributed by atoms with Gasteiger partial charge in [-0.05, 0) is 50.3 Å². The molecule has 1 aromatic carbocycles. The van der Waals surface area contributed by atoms with Crippen molar-refractivity contribution < 1.29 is 4.74 Å². The minimum atomic E-state index is -0.0735. The molecule has 0 radical (unpaired) electrons. The van der Waals surface area contributed by atoms with E-state index in [2.05, 4.69) is 65.1 Å². The quantitative estimate of drug-likeness (QED) is 0.181. The molecule has 1 aliphatic heterocycles. The molecule has 2 aromatic rings. The fourth-order valence-electron chi connectivity index (χ4n) is 3.85. The van der Waals surface area contributed by atoms with Crippen molar-refractivity contribution in [3.8, 4) is 0 Å². The molecule has 3 rings (SSSR count). The first-order valence-electron chi connectivity index (χ1n) is 11.1. The van der Waals surface area contributed by atoms with Crippen LogP contribution < -0.4 is 16.0 Å². The van der Waals surface area contributed by atoms with Gasteiger partial charge in [0.1, 0.15) is 5.15 Å². The first-order valence-corrected chi connectivity index (χ1v) is 11.5. The zero-order chi connectivity index (χ0) is 21.9. The van der Waals surface area contributed by atoms with Gasteiger partial charge in [-0.2, -0.15) is 0 Å². The Labute approximate surface area is 214 Å². The molecule has 0 bridgehead atoms. The summed E-state index contributed by atoms with van der Waals surface area (Å²) >= 11 is 5.87. The molecule has 8 heteroatoms. The maximum Gasteiger partial charge on any atom is 0.191 e. The van der Waals surface area contributed by atoms with E-state index in [9.17, 15) is 0 Å². The first-order chi connectivity index (χ1) is 15.1. The number of guanidine groups is 1. The summed E-state index contributed by atoms with van der Waals surface area (Å²) in [5.74, 6) is 0.837. The van der Waals surface area contributed by atoms with Crippen LogP contribution in [0.15, 0.2) is 53.7 Å². The molecule has 0 saturated carbocycles. The molecule has 176 valence electrons. The van der Waals surface area contributed by atoms with E-state index < -0.39 is 0 Å². The average Bonchev–Trinajstić information content (AvgIpc) is 2.80. The van der Waals surface area contributed by atoms with E-state index in [0.29, 0.717) is 11.7 Å². The van der Waals surface area contributed by atoms with E-state index in [4.69, 9.17) is 21.3 Å². The van der Waals surface area contributed by atoms with Crippen LogP contribution in [-0.4, -0.2) is 49.3 Å². The van der Waals surface area contributed by atoms with Crippen LogP contribution in [0.25, 0.3) is 0 Å². The van der Waals surface area contributed by atoms with E-state index in [-0.39, 0.29) is 35.6 Å². The van der Waals surface area contributed by atoms with Gasteiger partial charge >= 0.3 is 0 Å². The number of pyridine rings is 1. The fraction of sp³-hybridized carbons (Fsp3) is 0.500. The second kappa shape index (κ2) is 14.0. The summed E-state index contributed by atoms with van der Waals surface area (Å²) in [6, 6.07) is 14.7. The molecule has 0 spiro atoms. The van der Waals surface area contributed by atoms with Crippen LogP contribution in [0, 0.1) is 0 Å². The van der Waals surface area contributed by atoms with Crippen molar-refractivity contribution >= 4 is 41.5 Å². The smallest absolute Gasteiger partial charge is 0.191 e. The van der Waals surface area contributed by atoms with Crippen molar-refractivity contribution in [1.29, 1.82) is 0 Å². The van der Waals surface area contributed by atoms with E-state index in [1.165, 1.54) is 5.56 Å². The largest absolute Gasteiger partial charge is 0.381 e. The number of halogens is 2. The average molecular weight is 572 g/mol. The summed E-state index contributed by atoms with van der Waals surface area (Å²) in [6.45, 7) is 8.12. The van der Waals surface area contributed by atoms with E-state index in [1.54, 1.807) is 0 Å². The molecule has 3 N–H and O–H groups in total. The van der Waals surface area contributed by atoms with E-state index >= 15 is 0 Å². The maximum absolute atomic E-state index is 5.87. The molecule has 32 heavy (non-hydrogen) atoms. The van der Waals surface area contributed by atoms with Crippen molar-refractivity contribution in [3.63, 3.8) is 0 Å². The molecule has 1 fully saturated rings. The monoisotopic (exact) mass is 571 g/mol. The van der Waals surface area contributed by atoms with Gasteiger partial charge in [-0.1, -0.05) is 48.0 Å².